The first-order valence-electron chi connectivity index (χ1n) is 12.8. The number of imidazole rings is 1. The van der Waals surface area contributed by atoms with Gasteiger partial charge in [-0.25, -0.2) is 19.7 Å². The van der Waals surface area contributed by atoms with Crippen molar-refractivity contribution in [2.24, 2.45) is 0 Å². The second-order valence-electron chi connectivity index (χ2n) is 9.45. The summed E-state index contributed by atoms with van der Waals surface area (Å²) in [6, 6.07) is 10.0. The quantitative estimate of drug-likeness (QED) is 0.272. The number of likely N-dealkylation sites (tertiary alicyclic amines) is 1. The van der Waals surface area contributed by atoms with Gasteiger partial charge in [-0.3, -0.25) is 4.57 Å². The molecule has 5 rings (SSSR count). The molecule has 0 spiro atoms. The second-order valence-corrected chi connectivity index (χ2v) is 9.45. The number of carbonyl (C=O) groups excluding carboxylic acids is 1. The molecule has 204 valence electrons. The largest absolute Gasteiger partial charge is 0.416 e. The highest BCUT2D eigenvalue weighted by atomic mass is 19.4. The van der Waals surface area contributed by atoms with E-state index in [4.69, 9.17) is 0 Å². The van der Waals surface area contributed by atoms with Crippen LogP contribution in [-0.4, -0.2) is 57.1 Å². The maximum absolute atomic E-state index is 13.5. The second kappa shape index (κ2) is 11.3. The van der Waals surface area contributed by atoms with Crippen LogP contribution in [-0.2, 0) is 12.6 Å². The first-order chi connectivity index (χ1) is 18.8. The van der Waals surface area contributed by atoms with Crippen LogP contribution in [0.4, 0.5) is 35.2 Å². The van der Waals surface area contributed by atoms with Crippen molar-refractivity contribution in [1.82, 2.24) is 24.4 Å². The summed E-state index contributed by atoms with van der Waals surface area (Å²) < 4.78 is 42.4. The fourth-order valence-electron chi connectivity index (χ4n) is 4.79. The van der Waals surface area contributed by atoms with Crippen molar-refractivity contribution in [2.75, 3.05) is 42.6 Å². The van der Waals surface area contributed by atoms with Gasteiger partial charge in [0, 0.05) is 24.1 Å². The van der Waals surface area contributed by atoms with Gasteiger partial charge in [0.1, 0.15) is 12.7 Å². The molecule has 0 unspecified atom stereocenters. The molecule has 1 aliphatic rings. The fraction of sp³-hybridized carbons (Fsp3) is 0.333. The summed E-state index contributed by atoms with van der Waals surface area (Å²) in [6.07, 6.45) is 2.16. The molecule has 0 bridgehead atoms. The van der Waals surface area contributed by atoms with Crippen molar-refractivity contribution in [3.05, 3.63) is 66.2 Å². The molecule has 12 heteroatoms. The van der Waals surface area contributed by atoms with Gasteiger partial charge in [-0.1, -0.05) is 0 Å². The molecule has 1 fully saturated rings. The van der Waals surface area contributed by atoms with E-state index >= 15 is 0 Å². The van der Waals surface area contributed by atoms with Crippen molar-refractivity contribution in [1.29, 1.82) is 0 Å². The zero-order valence-electron chi connectivity index (χ0n) is 21.4. The highest BCUT2D eigenvalue weighted by Crippen LogP contribution is 2.32. The standard InChI is InChI=1S/C27H29F3N8O/c1-31-24-23-25(33-16-32-24)38(17-34-23)22-8-6-20(7-9-22)35-26(39)36-21-14-18(13-19(15-21)27(28,29)30)5-4-12-37-10-2-3-11-37/h6-9,13-17H,2-5,10-12H2,1H3,(H,31,32,33)(H2,35,36,39). The van der Waals surface area contributed by atoms with Gasteiger partial charge >= 0.3 is 12.2 Å². The van der Waals surface area contributed by atoms with Crippen molar-refractivity contribution in [3.63, 3.8) is 0 Å². The van der Waals surface area contributed by atoms with Crippen LogP contribution in [0, 0.1) is 0 Å². The predicted molar refractivity (Wildman–Crippen MR) is 144 cm³/mol. The van der Waals surface area contributed by atoms with E-state index in [0.29, 0.717) is 34.7 Å². The summed E-state index contributed by atoms with van der Waals surface area (Å²) in [5, 5.41) is 8.21. The highest BCUT2D eigenvalue weighted by molar-refractivity contribution is 6.00. The van der Waals surface area contributed by atoms with Gasteiger partial charge in [-0.05, 0) is 93.3 Å². The number of nitrogens with zero attached hydrogens (tertiary/aromatic N) is 5. The number of anilines is 3. The van der Waals surface area contributed by atoms with Crippen molar-refractivity contribution < 1.29 is 18.0 Å². The SMILES string of the molecule is CNc1ncnc2c1ncn2-c1ccc(NC(=O)Nc2cc(CCCN3CCCC3)cc(C(F)(F)F)c2)cc1. The lowest BCUT2D eigenvalue weighted by Crippen LogP contribution is -2.21. The van der Waals surface area contributed by atoms with Crippen LogP contribution >= 0.6 is 0 Å². The number of hydrogen-bond acceptors (Lipinski definition) is 6. The monoisotopic (exact) mass is 538 g/mol. The number of alkyl halides is 3. The Balaban J connectivity index is 1.25. The number of halogens is 3. The lowest BCUT2D eigenvalue weighted by atomic mass is 10.0. The molecular formula is C27H29F3N8O. The lowest BCUT2D eigenvalue weighted by molar-refractivity contribution is -0.137. The molecule has 1 saturated heterocycles. The number of aryl methyl sites for hydroxylation is 1. The molecule has 0 saturated carbocycles. The Hall–Kier alpha value is -4.19. The summed E-state index contributed by atoms with van der Waals surface area (Å²) in [4.78, 5) is 27.8. The maximum Gasteiger partial charge on any atom is 0.416 e. The number of rotatable bonds is 8. The maximum atomic E-state index is 13.5. The molecule has 0 aliphatic carbocycles. The Morgan fingerprint density at radius 1 is 0.974 bits per heavy atom. The van der Waals surface area contributed by atoms with Gasteiger partial charge in [-0.15, -0.1) is 0 Å². The number of fused-ring (bicyclic) bond motifs is 1. The van der Waals surface area contributed by atoms with Crippen molar-refractivity contribution >= 4 is 34.4 Å². The fourth-order valence-corrected chi connectivity index (χ4v) is 4.79. The summed E-state index contributed by atoms with van der Waals surface area (Å²) in [5.41, 5.74) is 2.34. The molecule has 0 atom stereocenters. The molecule has 0 radical (unpaired) electrons. The van der Waals surface area contributed by atoms with Gasteiger partial charge in [0.25, 0.3) is 0 Å². The summed E-state index contributed by atoms with van der Waals surface area (Å²) >= 11 is 0. The zero-order chi connectivity index (χ0) is 27.4. The number of benzene rings is 2. The first-order valence-corrected chi connectivity index (χ1v) is 12.8. The minimum absolute atomic E-state index is 0.0972. The Morgan fingerprint density at radius 3 is 2.44 bits per heavy atom. The van der Waals surface area contributed by atoms with Crippen molar-refractivity contribution in [3.8, 4) is 5.69 Å². The third-order valence-corrected chi connectivity index (χ3v) is 6.69. The number of carbonyl (C=O) groups is 1. The van der Waals surface area contributed by atoms with Crippen LogP contribution in [0.1, 0.15) is 30.4 Å². The summed E-state index contributed by atoms with van der Waals surface area (Å²) in [7, 11) is 1.75. The molecule has 4 aromatic rings. The lowest BCUT2D eigenvalue weighted by Gasteiger charge is -2.16. The molecule has 39 heavy (non-hydrogen) atoms. The molecule has 3 N–H and O–H groups in total. The third-order valence-electron chi connectivity index (χ3n) is 6.69. The van der Waals surface area contributed by atoms with Crippen LogP contribution in [0.2, 0.25) is 0 Å². The molecular weight excluding hydrogens is 509 g/mol. The van der Waals surface area contributed by atoms with Crippen LogP contribution in [0.25, 0.3) is 16.9 Å². The van der Waals surface area contributed by atoms with E-state index in [1.54, 1.807) is 48.3 Å². The Kier molecular flexibility index (Phi) is 7.64. The smallest absolute Gasteiger partial charge is 0.371 e. The van der Waals surface area contributed by atoms with E-state index < -0.39 is 17.8 Å². The van der Waals surface area contributed by atoms with Gasteiger partial charge < -0.3 is 20.9 Å². The molecule has 2 amide bonds. The molecule has 3 heterocycles. The average molecular weight is 539 g/mol. The number of urea groups is 1. The normalized spacial score (nSPS) is 14.1. The highest BCUT2D eigenvalue weighted by Gasteiger charge is 2.31. The minimum atomic E-state index is -4.51. The van der Waals surface area contributed by atoms with Crippen LogP contribution in [0.3, 0.4) is 0 Å². The molecule has 9 nitrogen and oxygen atoms in total. The topological polar surface area (TPSA) is 100 Å². The number of nitrogens with one attached hydrogen (secondary N) is 3. The van der Waals surface area contributed by atoms with Gasteiger partial charge in [0.2, 0.25) is 0 Å². The minimum Gasteiger partial charge on any atom is -0.371 e. The van der Waals surface area contributed by atoms with E-state index in [2.05, 4.69) is 35.8 Å². The van der Waals surface area contributed by atoms with E-state index in [1.165, 1.54) is 19.2 Å². The first kappa shape index (κ1) is 26.4. The Labute approximate surface area is 223 Å². The number of hydrogen-bond donors (Lipinski definition) is 3. The molecule has 1 aliphatic heterocycles. The Bertz CT molecular complexity index is 1450. The van der Waals surface area contributed by atoms with Gasteiger partial charge in [0.05, 0.1) is 5.56 Å². The van der Waals surface area contributed by atoms with Gasteiger partial charge in [-0.2, -0.15) is 13.2 Å². The van der Waals surface area contributed by atoms with Crippen LogP contribution in [0.15, 0.2) is 55.1 Å². The summed E-state index contributed by atoms with van der Waals surface area (Å²) in [5.74, 6) is 0.609. The van der Waals surface area contributed by atoms with E-state index in [1.807, 2.05) is 0 Å². The van der Waals surface area contributed by atoms with Crippen LogP contribution in [0.5, 0.6) is 0 Å². The zero-order valence-corrected chi connectivity index (χ0v) is 21.4. The van der Waals surface area contributed by atoms with E-state index in [-0.39, 0.29) is 5.69 Å². The van der Waals surface area contributed by atoms with E-state index in [9.17, 15) is 18.0 Å². The third kappa shape index (κ3) is 6.28. The van der Waals surface area contributed by atoms with Crippen LogP contribution < -0.4 is 16.0 Å². The van der Waals surface area contributed by atoms with Gasteiger partial charge in [0.15, 0.2) is 17.0 Å². The Morgan fingerprint density at radius 2 is 1.72 bits per heavy atom. The number of amides is 2. The average Bonchev–Trinajstić information content (AvgIpc) is 3.59. The predicted octanol–water partition coefficient (Wildman–Crippen LogP) is 5.55. The van der Waals surface area contributed by atoms with Crippen molar-refractivity contribution in [2.45, 2.75) is 31.9 Å². The summed E-state index contributed by atoms with van der Waals surface area (Å²) in [6.45, 7) is 2.94. The molecule has 2 aromatic heterocycles. The van der Waals surface area contributed by atoms with E-state index in [0.717, 1.165) is 43.9 Å². The number of aromatic nitrogens is 4. The molecule has 2 aromatic carbocycles.